The highest BCUT2D eigenvalue weighted by atomic mass is 35.5. The molecule has 0 unspecified atom stereocenters. The molecule has 0 heterocycles. The molecule has 0 aromatic heterocycles. The Morgan fingerprint density at radius 3 is 2.58 bits per heavy atom. The third-order valence-electron chi connectivity index (χ3n) is 2.60. The van der Waals surface area contributed by atoms with Gasteiger partial charge in [0.2, 0.25) is 5.91 Å². The third kappa shape index (κ3) is 5.81. The molecular formula is C14H19Cl2NO2. The van der Waals surface area contributed by atoms with E-state index in [-0.39, 0.29) is 12.0 Å². The maximum atomic E-state index is 11.9. The Hall–Kier alpha value is -0.770. The van der Waals surface area contributed by atoms with E-state index in [4.69, 9.17) is 27.9 Å². The van der Waals surface area contributed by atoms with Crippen molar-refractivity contribution in [1.82, 2.24) is 4.90 Å². The van der Waals surface area contributed by atoms with Crippen LogP contribution >= 0.6 is 23.2 Å². The number of nitrogens with zero attached hydrogens (tertiary/aromatic N) is 1. The number of rotatable bonds is 6. The maximum absolute atomic E-state index is 11.9. The Kier molecular flexibility index (Phi) is 6.63. The van der Waals surface area contributed by atoms with Gasteiger partial charge in [-0.2, -0.15) is 0 Å². The highest BCUT2D eigenvalue weighted by Gasteiger charge is 2.10. The minimum atomic E-state index is 0.0479. The van der Waals surface area contributed by atoms with Crippen LogP contribution in [0.2, 0.25) is 10.0 Å². The van der Waals surface area contributed by atoms with Crippen LogP contribution in [0.3, 0.4) is 0 Å². The average Bonchev–Trinajstić information content (AvgIpc) is 2.33. The maximum Gasteiger partial charge on any atom is 0.224 e. The number of carbonyl (C=O) groups is 1. The lowest BCUT2D eigenvalue weighted by Gasteiger charge is -2.18. The molecule has 0 N–H and O–H groups in total. The molecule has 106 valence electrons. The zero-order valence-electron chi connectivity index (χ0n) is 11.5. The molecule has 19 heavy (non-hydrogen) atoms. The van der Waals surface area contributed by atoms with Gasteiger partial charge in [-0.25, -0.2) is 0 Å². The van der Waals surface area contributed by atoms with E-state index in [9.17, 15) is 4.79 Å². The number of benzene rings is 1. The normalized spacial score (nSPS) is 10.8. The summed E-state index contributed by atoms with van der Waals surface area (Å²) < 4.78 is 5.36. The molecule has 1 aromatic carbocycles. The molecule has 0 saturated heterocycles. The van der Waals surface area contributed by atoms with Crippen molar-refractivity contribution in [3.63, 3.8) is 0 Å². The second kappa shape index (κ2) is 7.73. The Balaban J connectivity index is 2.47. The van der Waals surface area contributed by atoms with Crippen LogP contribution in [0.5, 0.6) is 0 Å². The van der Waals surface area contributed by atoms with Crippen LogP contribution in [-0.2, 0) is 16.1 Å². The van der Waals surface area contributed by atoms with Gasteiger partial charge in [0.1, 0.15) is 0 Å². The molecule has 1 amide bonds. The summed E-state index contributed by atoms with van der Waals surface area (Å²) in [6.07, 6.45) is 0.531. The number of hydrogen-bond donors (Lipinski definition) is 0. The molecular weight excluding hydrogens is 285 g/mol. The highest BCUT2D eigenvalue weighted by molar-refractivity contribution is 6.42. The van der Waals surface area contributed by atoms with Crippen molar-refractivity contribution in [2.45, 2.75) is 32.9 Å². The fourth-order valence-electron chi connectivity index (χ4n) is 1.57. The molecule has 0 atom stereocenters. The van der Waals surface area contributed by atoms with Crippen LogP contribution in [0, 0.1) is 0 Å². The minimum absolute atomic E-state index is 0.0479. The van der Waals surface area contributed by atoms with Gasteiger partial charge in [0.15, 0.2) is 0 Å². The van der Waals surface area contributed by atoms with E-state index in [1.165, 1.54) is 0 Å². The van der Waals surface area contributed by atoms with Crippen LogP contribution < -0.4 is 0 Å². The van der Waals surface area contributed by atoms with Gasteiger partial charge in [-0.05, 0) is 31.5 Å². The zero-order valence-corrected chi connectivity index (χ0v) is 13.0. The quantitative estimate of drug-likeness (QED) is 0.800. The Bertz CT molecular complexity index is 435. The lowest BCUT2D eigenvalue weighted by atomic mass is 10.2. The molecule has 0 aliphatic carbocycles. The first kappa shape index (κ1) is 16.3. The molecule has 0 radical (unpaired) electrons. The Labute approximate surface area is 124 Å². The summed E-state index contributed by atoms with van der Waals surface area (Å²) in [6.45, 7) is 4.85. The number of halogens is 2. The summed E-state index contributed by atoms with van der Waals surface area (Å²) in [5, 5.41) is 1.02. The number of ether oxygens (including phenoxy) is 1. The van der Waals surface area contributed by atoms with E-state index in [1.54, 1.807) is 24.1 Å². The molecule has 3 nitrogen and oxygen atoms in total. The lowest BCUT2D eigenvalue weighted by molar-refractivity contribution is -0.131. The third-order valence-corrected chi connectivity index (χ3v) is 3.34. The smallest absolute Gasteiger partial charge is 0.224 e. The van der Waals surface area contributed by atoms with E-state index in [1.807, 2.05) is 19.9 Å². The average molecular weight is 304 g/mol. The minimum Gasteiger partial charge on any atom is -0.378 e. The second-order valence-corrected chi connectivity index (χ2v) is 5.48. The van der Waals surface area contributed by atoms with Crippen LogP contribution in [-0.4, -0.2) is 30.6 Å². The van der Waals surface area contributed by atoms with Crippen molar-refractivity contribution in [3.8, 4) is 0 Å². The predicted octanol–water partition coefficient (Wildman–Crippen LogP) is 3.77. The molecule has 0 saturated carbocycles. The Morgan fingerprint density at radius 2 is 2.00 bits per heavy atom. The number of amides is 1. The SMILES string of the molecule is CC(C)OCCC(=O)N(C)Cc1ccc(Cl)c(Cl)c1. The van der Waals surface area contributed by atoms with E-state index >= 15 is 0 Å². The first-order valence-corrected chi connectivity index (χ1v) is 6.95. The van der Waals surface area contributed by atoms with Crippen LogP contribution in [0.25, 0.3) is 0 Å². The number of hydrogen-bond acceptors (Lipinski definition) is 2. The fourth-order valence-corrected chi connectivity index (χ4v) is 1.89. The number of carbonyl (C=O) groups excluding carboxylic acids is 1. The standard InChI is InChI=1S/C14H19Cl2NO2/c1-10(2)19-7-6-14(18)17(3)9-11-4-5-12(15)13(16)8-11/h4-5,8,10H,6-7,9H2,1-3H3. The first-order valence-electron chi connectivity index (χ1n) is 6.19. The van der Waals surface area contributed by atoms with Crippen molar-refractivity contribution in [2.24, 2.45) is 0 Å². The van der Waals surface area contributed by atoms with Crippen molar-refractivity contribution < 1.29 is 9.53 Å². The van der Waals surface area contributed by atoms with E-state index in [0.29, 0.717) is 29.6 Å². The largest absolute Gasteiger partial charge is 0.378 e. The van der Waals surface area contributed by atoms with Gasteiger partial charge in [0.25, 0.3) is 0 Å². The second-order valence-electron chi connectivity index (χ2n) is 4.67. The monoisotopic (exact) mass is 303 g/mol. The van der Waals surface area contributed by atoms with Crippen LogP contribution in [0.4, 0.5) is 0 Å². The topological polar surface area (TPSA) is 29.5 Å². The molecule has 0 spiro atoms. The van der Waals surface area contributed by atoms with Gasteiger partial charge in [0, 0.05) is 13.6 Å². The van der Waals surface area contributed by atoms with Gasteiger partial charge >= 0.3 is 0 Å². The summed E-state index contributed by atoms with van der Waals surface area (Å²) in [5.74, 6) is 0.0479. The molecule has 1 rings (SSSR count). The van der Waals surface area contributed by atoms with Crippen molar-refractivity contribution in [1.29, 1.82) is 0 Å². The predicted molar refractivity (Wildman–Crippen MR) is 78.6 cm³/mol. The van der Waals surface area contributed by atoms with Crippen LogP contribution in [0.1, 0.15) is 25.8 Å². The van der Waals surface area contributed by atoms with E-state index < -0.39 is 0 Å². The first-order chi connectivity index (χ1) is 8.90. The summed E-state index contributed by atoms with van der Waals surface area (Å²) in [5.41, 5.74) is 0.954. The van der Waals surface area contributed by atoms with Gasteiger partial charge < -0.3 is 9.64 Å². The fraction of sp³-hybridized carbons (Fsp3) is 0.500. The lowest BCUT2D eigenvalue weighted by Crippen LogP contribution is -2.27. The molecule has 0 fully saturated rings. The van der Waals surface area contributed by atoms with E-state index in [0.717, 1.165) is 5.56 Å². The summed E-state index contributed by atoms with van der Waals surface area (Å²) in [7, 11) is 1.76. The Morgan fingerprint density at radius 1 is 1.32 bits per heavy atom. The molecule has 0 bridgehead atoms. The van der Waals surface area contributed by atoms with Gasteiger partial charge in [0.05, 0.1) is 29.2 Å². The zero-order chi connectivity index (χ0) is 14.4. The summed E-state index contributed by atoms with van der Waals surface area (Å²) in [4.78, 5) is 13.5. The summed E-state index contributed by atoms with van der Waals surface area (Å²) >= 11 is 11.8. The van der Waals surface area contributed by atoms with E-state index in [2.05, 4.69) is 0 Å². The highest BCUT2D eigenvalue weighted by Crippen LogP contribution is 2.23. The van der Waals surface area contributed by atoms with Gasteiger partial charge in [-0.3, -0.25) is 4.79 Å². The van der Waals surface area contributed by atoms with Gasteiger partial charge in [-0.15, -0.1) is 0 Å². The summed E-state index contributed by atoms with van der Waals surface area (Å²) in [6, 6.07) is 5.38. The van der Waals surface area contributed by atoms with Crippen LogP contribution in [0.15, 0.2) is 18.2 Å². The molecule has 0 aliphatic rings. The molecule has 0 aliphatic heterocycles. The molecule has 1 aromatic rings. The van der Waals surface area contributed by atoms with Crippen molar-refractivity contribution in [2.75, 3.05) is 13.7 Å². The molecule has 5 heteroatoms. The van der Waals surface area contributed by atoms with Crippen molar-refractivity contribution >= 4 is 29.1 Å². The van der Waals surface area contributed by atoms with Crippen molar-refractivity contribution in [3.05, 3.63) is 33.8 Å². The van der Waals surface area contributed by atoms with Gasteiger partial charge in [-0.1, -0.05) is 29.3 Å².